The number of benzene rings is 1. The van der Waals surface area contributed by atoms with Crippen LogP contribution in [0, 0.1) is 11.8 Å². The molecule has 9 heteroatoms. The smallest absolute Gasteiger partial charge is 0.387 e. The summed E-state index contributed by atoms with van der Waals surface area (Å²) in [7, 11) is 0. The quantitative estimate of drug-likeness (QED) is 0.724. The fourth-order valence-corrected chi connectivity index (χ4v) is 4.54. The molecule has 1 aromatic rings. The van der Waals surface area contributed by atoms with Crippen molar-refractivity contribution in [3.63, 3.8) is 0 Å². The van der Waals surface area contributed by atoms with Crippen molar-refractivity contribution in [3.05, 3.63) is 29.8 Å². The molecule has 2 heterocycles. The minimum Gasteiger partial charge on any atom is -0.434 e. The number of nitrogens with one attached hydrogen (secondary N) is 1. The standard InChI is InChI=1S/C23H29F2N3O4/c24-23(25)32-19-6-2-1-5-18(19)22(31)28-11-3-4-16(14-28)20(29)26-17-9-12-27(13-10-17)21(30)15-7-8-15/h1-2,5-6,15-17,23H,3-4,7-14H2,(H,26,29). The van der Waals surface area contributed by atoms with Gasteiger partial charge >= 0.3 is 6.61 Å². The lowest BCUT2D eigenvalue weighted by Gasteiger charge is -2.35. The number of likely N-dealkylation sites (tertiary alicyclic amines) is 2. The Balaban J connectivity index is 1.30. The molecule has 174 valence electrons. The van der Waals surface area contributed by atoms with Crippen LogP contribution in [0.4, 0.5) is 8.78 Å². The van der Waals surface area contributed by atoms with Gasteiger partial charge in [0.25, 0.3) is 5.91 Å². The van der Waals surface area contributed by atoms with Crippen molar-refractivity contribution >= 4 is 17.7 Å². The first-order valence-corrected chi connectivity index (χ1v) is 11.3. The second kappa shape index (κ2) is 9.83. The predicted molar refractivity (Wildman–Crippen MR) is 112 cm³/mol. The summed E-state index contributed by atoms with van der Waals surface area (Å²) in [6.45, 7) is -0.984. The zero-order valence-corrected chi connectivity index (χ0v) is 18.0. The van der Waals surface area contributed by atoms with Crippen molar-refractivity contribution in [2.75, 3.05) is 26.2 Å². The molecule has 0 radical (unpaired) electrons. The number of carbonyl (C=O) groups excluding carboxylic acids is 3. The number of hydrogen-bond acceptors (Lipinski definition) is 4. The number of alkyl halides is 2. The predicted octanol–water partition coefficient (Wildman–Crippen LogP) is 2.66. The van der Waals surface area contributed by atoms with Crippen molar-refractivity contribution in [3.8, 4) is 5.75 Å². The molecule has 32 heavy (non-hydrogen) atoms. The van der Waals surface area contributed by atoms with Gasteiger partial charge in [-0.2, -0.15) is 8.78 Å². The lowest BCUT2D eigenvalue weighted by molar-refractivity contribution is -0.133. The number of ether oxygens (including phenoxy) is 1. The van der Waals surface area contributed by atoms with E-state index in [0.29, 0.717) is 32.5 Å². The maximum Gasteiger partial charge on any atom is 0.387 e. The van der Waals surface area contributed by atoms with E-state index in [0.717, 1.165) is 25.7 Å². The largest absolute Gasteiger partial charge is 0.434 e. The van der Waals surface area contributed by atoms with Gasteiger partial charge in [-0.25, -0.2) is 0 Å². The first kappa shape index (κ1) is 22.5. The molecule has 1 N–H and O–H groups in total. The Hall–Kier alpha value is -2.71. The van der Waals surface area contributed by atoms with Crippen LogP contribution in [0.3, 0.4) is 0 Å². The molecule has 3 aliphatic rings. The Morgan fingerprint density at radius 2 is 1.66 bits per heavy atom. The van der Waals surface area contributed by atoms with Crippen LogP contribution >= 0.6 is 0 Å². The van der Waals surface area contributed by atoms with E-state index < -0.39 is 12.5 Å². The van der Waals surface area contributed by atoms with Gasteiger partial charge in [0.1, 0.15) is 5.75 Å². The summed E-state index contributed by atoms with van der Waals surface area (Å²) < 4.78 is 29.9. The van der Waals surface area contributed by atoms with Crippen molar-refractivity contribution < 1.29 is 27.9 Å². The SMILES string of the molecule is O=C(NC1CCN(C(=O)C2CC2)CC1)C1CCCN(C(=O)c2ccccc2OC(F)F)C1. The van der Waals surface area contributed by atoms with Gasteiger partial charge in [0, 0.05) is 38.1 Å². The van der Waals surface area contributed by atoms with E-state index in [4.69, 9.17) is 0 Å². The summed E-state index contributed by atoms with van der Waals surface area (Å²) in [6.07, 6.45) is 4.78. The highest BCUT2D eigenvalue weighted by Gasteiger charge is 2.36. The fraction of sp³-hybridized carbons (Fsp3) is 0.609. The molecule has 0 bridgehead atoms. The number of nitrogens with zero attached hydrogens (tertiary/aromatic N) is 2. The Morgan fingerprint density at radius 3 is 2.34 bits per heavy atom. The minimum atomic E-state index is -3.02. The highest BCUT2D eigenvalue weighted by atomic mass is 19.3. The maximum absolute atomic E-state index is 13.0. The van der Waals surface area contributed by atoms with Gasteiger partial charge in [-0.15, -0.1) is 0 Å². The molecule has 3 amide bonds. The molecule has 7 nitrogen and oxygen atoms in total. The van der Waals surface area contributed by atoms with E-state index in [1.807, 2.05) is 4.90 Å². The van der Waals surface area contributed by atoms with Gasteiger partial charge in [-0.3, -0.25) is 14.4 Å². The van der Waals surface area contributed by atoms with Crippen LogP contribution in [0.5, 0.6) is 5.75 Å². The summed E-state index contributed by atoms with van der Waals surface area (Å²) in [5, 5.41) is 3.09. The van der Waals surface area contributed by atoms with Gasteiger partial charge in [0.05, 0.1) is 11.5 Å². The van der Waals surface area contributed by atoms with Crippen molar-refractivity contribution in [1.82, 2.24) is 15.1 Å². The molecule has 1 aromatic carbocycles. The maximum atomic E-state index is 13.0. The van der Waals surface area contributed by atoms with Gasteiger partial charge < -0.3 is 19.9 Å². The molecule has 1 unspecified atom stereocenters. The van der Waals surface area contributed by atoms with Crippen LogP contribution in [0.2, 0.25) is 0 Å². The lowest BCUT2D eigenvalue weighted by atomic mass is 9.95. The lowest BCUT2D eigenvalue weighted by Crippen LogP contribution is -2.51. The van der Waals surface area contributed by atoms with E-state index in [-0.39, 0.29) is 47.5 Å². The number of para-hydroxylation sites is 1. The monoisotopic (exact) mass is 449 g/mol. The Kier molecular flexibility index (Phi) is 6.91. The molecule has 1 aliphatic carbocycles. The summed E-state index contributed by atoms with van der Waals surface area (Å²) in [5.41, 5.74) is 0.0709. The highest BCUT2D eigenvalue weighted by Crippen LogP contribution is 2.32. The molecular weight excluding hydrogens is 420 g/mol. The average molecular weight is 449 g/mol. The third kappa shape index (κ3) is 5.37. The van der Waals surface area contributed by atoms with E-state index in [9.17, 15) is 23.2 Å². The first-order valence-electron chi connectivity index (χ1n) is 11.3. The van der Waals surface area contributed by atoms with Gasteiger partial charge in [0.2, 0.25) is 11.8 Å². The van der Waals surface area contributed by atoms with Crippen molar-refractivity contribution in [1.29, 1.82) is 0 Å². The Bertz CT molecular complexity index is 853. The molecule has 2 saturated heterocycles. The number of amides is 3. The zero-order chi connectivity index (χ0) is 22.7. The number of halogens is 2. The Morgan fingerprint density at radius 1 is 0.938 bits per heavy atom. The summed E-state index contributed by atoms with van der Waals surface area (Å²) in [5.74, 6) is -0.554. The minimum absolute atomic E-state index is 0.0250. The second-order valence-corrected chi connectivity index (χ2v) is 8.85. The highest BCUT2D eigenvalue weighted by molar-refractivity contribution is 5.97. The van der Waals surface area contributed by atoms with Gasteiger partial charge in [-0.05, 0) is 50.7 Å². The molecule has 4 rings (SSSR count). The Labute approximate surface area is 186 Å². The van der Waals surface area contributed by atoms with Crippen molar-refractivity contribution in [2.24, 2.45) is 11.8 Å². The van der Waals surface area contributed by atoms with Gasteiger partial charge in [0.15, 0.2) is 0 Å². The molecule has 0 aromatic heterocycles. The summed E-state index contributed by atoms with van der Waals surface area (Å²) in [6, 6.07) is 5.95. The average Bonchev–Trinajstić information content (AvgIpc) is 3.64. The normalized spacial score (nSPS) is 22.0. The number of piperidine rings is 2. The fourth-order valence-electron chi connectivity index (χ4n) is 4.54. The van der Waals surface area contributed by atoms with Crippen LogP contribution in [0.15, 0.2) is 24.3 Å². The molecule has 3 fully saturated rings. The molecule has 2 aliphatic heterocycles. The van der Waals surface area contributed by atoms with Crippen LogP contribution < -0.4 is 10.1 Å². The molecule has 0 spiro atoms. The van der Waals surface area contributed by atoms with Crippen molar-refractivity contribution in [2.45, 2.75) is 51.2 Å². The molecule has 1 saturated carbocycles. The van der Waals surface area contributed by atoms with Gasteiger partial charge in [-0.1, -0.05) is 12.1 Å². The van der Waals surface area contributed by atoms with E-state index >= 15 is 0 Å². The second-order valence-electron chi connectivity index (χ2n) is 8.85. The van der Waals surface area contributed by atoms with E-state index in [1.54, 1.807) is 6.07 Å². The molecule has 1 atom stereocenters. The molecular formula is C23H29F2N3O4. The first-order chi connectivity index (χ1) is 15.4. The van der Waals surface area contributed by atoms with E-state index in [2.05, 4.69) is 10.1 Å². The number of carbonyl (C=O) groups is 3. The van der Waals surface area contributed by atoms with Crippen LogP contribution in [-0.4, -0.2) is 66.4 Å². The topological polar surface area (TPSA) is 79.0 Å². The summed E-state index contributed by atoms with van der Waals surface area (Å²) in [4.78, 5) is 41.4. The number of rotatable bonds is 6. The third-order valence-corrected chi connectivity index (χ3v) is 6.49. The summed E-state index contributed by atoms with van der Waals surface area (Å²) >= 11 is 0. The third-order valence-electron chi connectivity index (χ3n) is 6.49. The number of hydrogen-bond donors (Lipinski definition) is 1. The van der Waals surface area contributed by atoms with Crippen LogP contribution in [0.25, 0.3) is 0 Å². The zero-order valence-electron chi connectivity index (χ0n) is 18.0. The van der Waals surface area contributed by atoms with Crippen LogP contribution in [0.1, 0.15) is 48.9 Å². The van der Waals surface area contributed by atoms with E-state index in [1.165, 1.54) is 23.1 Å². The van der Waals surface area contributed by atoms with Crippen LogP contribution in [-0.2, 0) is 9.59 Å².